The van der Waals surface area contributed by atoms with E-state index in [1.165, 1.54) is 12.1 Å². The Morgan fingerprint density at radius 3 is 2.85 bits per heavy atom. The van der Waals surface area contributed by atoms with E-state index in [0.29, 0.717) is 5.56 Å². The van der Waals surface area contributed by atoms with E-state index in [4.69, 9.17) is 15.7 Å². The van der Waals surface area contributed by atoms with E-state index in [0.717, 1.165) is 19.3 Å². The summed E-state index contributed by atoms with van der Waals surface area (Å²) in [5.74, 6) is -0.0922. The highest BCUT2D eigenvalue weighted by Gasteiger charge is 2.25. The summed E-state index contributed by atoms with van der Waals surface area (Å²) in [5, 5.41) is 8.79. The van der Waals surface area contributed by atoms with Crippen molar-refractivity contribution in [1.82, 2.24) is 0 Å². The lowest BCUT2D eigenvalue weighted by atomic mass is 10.2. The number of hydrogen-bond acceptors (Lipinski definition) is 5. The van der Waals surface area contributed by atoms with Crippen LogP contribution in [0.25, 0.3) is 0 Å². The quantitative estimate of drug-likeness (QED) is 0.881. The normalized spacial score (nSPS) is 22.6. The predicted molar refractivity (Wildman–Crippen MR) is 74.8 cm³/mol. The molecule has 2 unspecified atom stereocenters. The minimum absolute atomic E-state index is 0.0135. The minimum Gasteiger partial charge on any atom is -0.376 e. The van der Waals surface area contributed by atoms with Gasteiger partial charge in [-0.2, -0.15) is 5.26 Å². The van der Waals surface area contributed by atoms with Gasteiger partial charge < -0.3 is 10.5 Å². The summed E-state index contributed by atoms with van der Waals surface area (Å²) < 4.78 is 29.8. The zero-order chi connectivity index (χ0) is 14.6. The summed E-state index contributed by atoms with van der Waals surface area (Å²) >= 11 is 0. The smallest absolute Gasteiger partial charge is 0.180 e. The molecule has 1 aliphatic rings. The fourth-order valence-electron chi connectivity index (χ4n) is 2.35. The van der Waals surface area contributed by atoms with Crippen LogP contribution in [-0.4, -0.2) is 32.9 Å². The molecule has 20 heavy (non-hydrogen) atoms. The van der Waals surface area contributed by atoms with Gasteiger partial charge in [-0.3, -0.25) is 0 Å². The van der Waals surface area contributed by atoms with Gasteiger partial charge >= 0.3 is 0 Å². The monoisotopic (exact) mass is 294 g/mol. The number of ether oxygens (including phenoxy) is 1. The second kappa shape index (κ2) is 6.35. The van der Waals surface area contributed by atoms with Crippen molar-refractivity contribution in [2.45, 2.75) is 36.3 Å². The van der Waals surface area contributed by atoms with Crippen molar-refractivity contribution in [3.8, 4) is 6.07 Å². The standard InChI is InChI=1S/C14H18N2O3S/c15-10-11-3-1-4-12(9-11)20(17,18)8-7-19-14-6-2-5-13(14)16/h1,3-4,9,13-14H,2,5-8,16H2. The van der Waals surface area contributed by atoms with Gasteiger partial charge in [-0.15, -0.1) is 0 Å². The molecule has 2 atom stereocenters. The molecule has 0 radical (unpaired) electrons. The van der Waals surface area contributed by atoms with Crippen LogP contribution in [0.15, 0.2) is 29.2 Å². The molecule has 2 N–H and O–H groups in total. The Labute approximate surface area is 119 Å². The number of benzene rings is 1. The Morgan fingerprint density at radius 1 is 1.40 bits per heavy atom. The molecular formula is C14H18N2O3S. The molecule has 1 fully saturated rings. The molecule has 0 amide bonds. The molecule has 0 aromatic heterocycles. The molecule has 1 aliphatic carbocycles. The first kappa shape index (κ1) is 15.0. The van der Waals surface area contributed by atoms with E-state index in [2.05, 4.69) is 0 Å². The highest BCUT2D eigenvalue weighted by molar-refractivity contribution is 7.91. The molecule has 0 heterocycles. The van der Waals surface area contributed by atoms with Crippen LogP contribution in [0.4, 0.5) is 0 Å². The summed E-state index contributed by atoms with van der Waals surface area (Å²) in [6.45, 7) is 0.136. The van der Waals surface area contributed by atoms with Gasteiger partial charge in [0.15, 0.2) is 9.84 Å². The number of hydrogen-bond donors (Lipinski definition) is 1. The van der Waals surface area contributed by atoms with Gasteiger partial charge in [0.2, 0.25) is 0 Å². The average Bonchev–Trinajstić information content (AvgIpc) is 2.84. The van der Waals surface area contributed by atoms with E-state index in [9.17, 15) is 8.42 Å². The topological polar surface area (TPSA) is 93.2 Å². The van der Waals surface area contributed by atoms with E-state index in [-0.39, 0.29) is 29.4 Å². The lowest BCUT2D eigenvalue weighted by molar-refractivity contribution is 0.0588. The highest BCUT2D eigenvalue weighted by Crippen LogP contribution is 2.20. The number of sulfone groups is 1. The van der Waals surface area contributed by atoms with Crippen molar-refractivity contribution in [2.24, 2.45) is 5.73 Å². The second-order valence-electron chi connectivity index (χ2n) is 4.96. The van der Waals surface area contributed by atoms with Gasteiger partial charge in [-0.25, -0.2) is 8.42 Å². The summed E-state index contributed by atoms with van der Waals surface area (Å²) in [7, 11) is -3.42. The van der Waals surface area contributed by atoms with Crippen molar-refractivity contribution >= 4 is 9.84 Å². The van der Waals surface area contributed by atoms with E-state index in [1.807, 2.05) is 6.07 Å². The van der Waals surface area contributed by atoms with Crippen LogP contribution in [0.2, 0.25) is 0 Å². The van der Waals surface area contributed by atoms with Gasteiger partial charge in [0.25, 0.3) is 0 Å². The van der Waals surface area contributed by atoms with Crippen molar-refractivity contribution in [2.75, 3.05) is 12.4 Å². The van der Waals surface area contributed by atoms with Crippen LogP contribution < -0.4 is 5.73 Å². The molecule has 6 heteroatoms. The third kappa shape index (κ3) is 3.57. The number of rotatable bonds is 5. The third-order valence-corrected chi connectivity index (χ3v) is 5.19. The molecule has 1 aromatic carbocycles. The van der Waals surface area contributed by atoms with Gasteiger partial charge in [-0.1, -0.05) is 6.07 Å². The lowest BCUT2D eigenvalue weighted by Crippen LogP contribution is -2.32. The number of nitrogens with two attached hydrogens (primary N) is 1. The Hall–Kier alpha value is -1.42. The largest absolute Gasteiger partial charge is 0.376 e. The molecule has 0 saturated heterocycles. The molecule has 1 aromatic rings. The van der Waals surface area contributed by atoms with E-state index < -0.39 is 9.84 Å². The van der Waals surface area contributed by atoms with Crippen LogP contribution in [0, 0.1) is 11.3 Å². The zero-order valence-corrected chi connectivity index (χ0v) is 12.0. The van der Waals surface area contributed by atoms with Crippen LogP contribution in [0.5, 0.6) is 0 Å². The molecule has 0 aliphatic heterocycles. The molecule has 5 nitrogen and oxygen atoms in total. The first-order chi connectivity index (χ1) is 9.53. The van der Waals surface area contributed by atoms with Crippen molar-refractivity contribution in [3.05, 3.63) is 29.8 Å². The fraction of sp³-hybridized carbons (Fsp3) is 0.500. The number of nitrogens with zero attached hydrogens (tertiary/aromatic N) is 1. The van der Waals surface area contributed by atoms with Crippen LogP contribution in [0.1, 0.15) is 24.8 Å². The van der Waals surface area contributed by atoms with Gasteiger partial charge in [0, 0.05) is 6.04 Å². The Bertz CT molecular complexity index is 607. The minimum atomic E-state index is -3.42. The lowest BCUT2D eigenvalue weighted by Gasteiger charge is -2.16. The second-order valence-corrected chi connectivity index (χ2v) is 7.07. The van der Waals surface area contributed by atoms with E-state index >= 15 is 0 Å². The average molecular weight is 294 g/mol. The first-order valence-electron chi connectivity index (χ1n) is 6.63. The Morgan fingerprint density at radius 2 is 2.20 bits per heavy atom. The third-order valence-electron chi connectivity index (χ3n) is 3.51. The van der Waals surface area contributed by atoms with E-state index in [1.54, 1.807) is 12.1 Å². The number of nitriles is 1. The highest BCUT2D eigenvalue weighted by atomic mass is 32.2. The SMILES string of the molecule is N#Cc1cccc(S(=O)(=O)CCOC2CCCC2N)c1. The Kier molecular flexibility index (Phi) is 4.76. The van der Waals surface area contributed by atoms with Gasteiger partial charge in [0.05, 0.1) is 35.0 Å². The molecule has 2 rings (SSSR count). The first-order valence-corrected chi connectivity index (χ1v) is 8.28. The van der Waals surface area contributed by atoms with Crippen LogP contribution >= 0.6 is 0 Å². The molecular weight excluding hydrogens is 276 g/mol. The van der Waals surface area contributed by atoms with Crippen molar-refractivity contribution in [1.29, 1.82) is 5.26 Å². The van der Waals surface area contributed by atoms with Gasteiger partial charge in [-0.05, 0) is 37.5 Å². The van der Waals surface area contributed by atoms with Crippen molar-refractivity contribution < 1.29 is 13.2 Å². The summed E-state index contributed by atoms with van der Waals surface area (Å²) in [6, 6.07) is 7.98. The summed E-state index contributed by atoms with van der Waals surface area (Å²) in [4.78, 5) is 0.163. The molecule has 0 spiro atoms. The van der Waals surface area contributed by atoms with Crippen LogP contribution in [0.3, 0.4) is 0 Å². The molecule has 1 saturated carbocycles. The maximum Gasteiger partial charge on any atom is 0.180 e. The predicted octanol–water partition coefficient (Wildman–Crippen LogP) is 1.23. The zero-order valence-electron chi connectivity index (χ0n) is 11.2. The maximum absolute atomic E-state index is 12.1. The molecule has 108 valence electrons. The molecule has 0 bridgehead atoms. The Balaban J connectivity index is 1.95. The maximum atomic E-state index is 12.1. The fourth-order valence-corrected chi connectivity index (χ4v) is 3.49. The summed E-state index contributed by atoms with van der Waals surface area (Å²) in [6.07, 6.45) is 2.82. The van der Waals surface area contributed by atoms with Crippen molar-refractivity contribution in [3.63, 3.8) is 0 Å². The summed E-state index contributed by atoms with van der Waals surface area (Å²) in [5.41, 5.74) is 6.21. The van der Waals surface area contributed by atoms with Gasteiger partial charge in [0.1, 0.15) is 0 Å². The van der Waals surface area contributed by atoms with Crippen LogP contribution in [-0.2, 0) is 14.6 Å².